The van der Waals surface area contributed by atoms with Crippen LogP contribution in [0.25, 0.3) is 0 Å². The topological polar surface area (TPSA) is 64.1 Å². The van der Waals surface area contributed by atoms with Gasteiger partial charge in [0, 0.05) is 52.0 Å². The molecule has 1 saturated heterocycles. The van der Waals surface area contributed by atoms with E-state index in [1.54, 1.807) is 7.11 Å². The van der Waals surface area contributed by atoms with Crippen LogP contribution in [0.5, 0.6) is 5.75 Å². The van der Waals surface area contributed by atoms with Gasteiger partial charge >= 0.3 is 0 Å². The van der Waals surface area contributed by atoms with E-state index in [4.69, 9.17) is 14.2 Å². The van der Waals surface area contributed by atoms with E-state index in [0.717, 1.165) is 76.9 Å². The summed E-state index contributed by atoms with van der Waals surface area (Å²) < 4.78 is 16.3. The van der Waals surface area contributed by atoms with Gasteiger partial charge in [0.15, 0.2) is 5.96 Å². The van der Waals surface area contributed by atoms with Gasteiger partial charge < -0.3 is 24.8 Å². The number of methoxy groups -OCH3 is 1. The van der Waals surface area contributed by atoms with Crippen LogP contribution in [-0.4, -0.2) is 59.6 Å². The highest BCUT2D eigenvalue weighted by atomic mass is 16.5. The summed E-state index contributed by atoms with van der Waals surface area (Å²) >= 11 is 0. The molecule has 1 aliphatic rings. The SMILES string of the molecule is CCOCCCCNC(=NC)NCC1(c2ccc(OC)cc2)CCOCC1. The van der Waals surface area contributed by atoms with Crippen molar-refractivity contribution in [2.24, 2.45) is 4.99 Å². The van der Waals surface area contributed by atoms with Gasteiger partial charge in [0.2, 0.25) is 0 Å². The third kappa shape index (κ3) is 6.70. The minimum Gasteiger partial charge on any atom is -0.497 e. The molecule has 0 amide bonds. The number of hydrogen-bond acceptors (Lipinski definition) is 4. The summed E-state index contributed by atoms with van der Waals surface area (Å²) in [5.74, 6) is 1.74. The maximum absolute atomic E-state index is 5.63. The van der Waals surface area contributed by atoms with E-state index in [2.05, 4.69) is 27.8 Å². The van der Waals surface area contributed by atoms with Crippen LogP contribution in [0, 0.1) is 0 Å². The number of aliphatic imine (C=N–C) groups is 1. The van der Waals surface area contributed by atoms with Crippen molar-refractivity contribution in [2.45, 2.75) is 38.0 Å². The third-order valence-electron chi connectivity index (χ3n) is 5.18. The Balaban J connectivity index is 1.90. The molecule has 1 heterocycles. The standard InChI is InChI=1S/C21H35N3O3/c1-4-26-14-6-5-13-23-20(22-2)24-17-21(11-15-27-16-12-21)18-7-9-19(25-3)10-8-18/h7-10H,4-6,11-17H2,1-3H3,(H2,22,23,24). The van der Waals surface area contributed by atoms with Crippen LogP contribution in [0.2, 0.25) is 0 Å². The molecule has 0 atom stereocenters. The fraction of sp³-hybridized carbons (Fsp3) is 0.667. The predicted molar refractivity (Wildman–Crippen MR) is 110 cm³/mol. The average Bonchev–Trinajstić information content (AvgIpc) is 2.73. The molecule has 6 heteroatoms. The predicted octanol–water partition coefficient (Wildman–Crippen LogP) is 2.73. The number of rotatable bonds is 10. The molecule has 0 bridgehead atoms. The molecule has 2 rings (SSSR count). The van der Waals surface area contributed by atoms with E-state index in [1.807, 2.05) is 26.1 Å². The lowest BCUT2D eigenvalue weighted by atomic mass is 9.74. The molecule has 6 nitrogen and oxygen atoms in total. The van der Waals surface area contributed by atoms with Crippen molar-refractivity contribution in [3.63, 3.8) is 0 Å². The minimum absolute atomic E-state index is 0.0527. The third-order valence-corrected chi connectivity index (χ3v) is 5.18. The normalized spacial score (nSPS) is 16.8. The second-order valence-corrected chi connectivity index (χ2v) is 6.88. The summed E-state index contributed by atoms with van der Waals surface area (Å²) in [7, 11) is 3.52. The second kappa shape index (κ2) is 11.8. The van der Waals surface area contributed by atoms with E-state index in [-0.39, 0.29) is 5.41 Å². The van der Waals surface area contributed by atoms with Crippen LogP contribution in [0.1, 0.15) is 38.2 Å². The number of guanidine groups is 1. The summed E-state index contributed by atoms with van der Waals surface area (Å²) in [6.07, 6.45) is 4.12. The van der Waals surface area contributed by atoms with Gasteiger partial charge in [-0.15, -0.1) is 0 Å². The highest BCUT2D eigenvalue weighted by Crippen LogP contribution is 2.35. The molecule has 0 radical (unpaired) electrons. The fourth-order valence-electron chi connectivity index (χ4n) is 3.43. The lowest BCUT2D eigenvalue weighted by Crippen LogP contribution is -2.48. The Hall–Kier alpha value is -1.79. The number of benzene rings is 1. The molecule has 1 aromatic rings. The van der Waals surface area contributed by atoms with E-state index in [1.165, 1.54) is 5.56 Å². The van der Waals surface area contributed by atoms with Crippen molar-refractivity contribution in [1.29, 1.82) is 0 Å². The molecule has 27 heavy (non-hydrogen) atoms. The Bertz CT molecular complexity index is 554. The highest BCUT2D eigenvalue weighted by molar-refractivity contribution is 5.79. The van der Waals surface area contributed by atoms with Crippen molar-refractivity contribution in [3.8, 4) is 5.75 Å². The van der Waals surface area contributed by atoms with Crippen LogP contribution < -0.4 is 15.4 Å². The van der Waals surface area contributed by atoms with Gasteiger partial charge in [0.05, 0.1) is 7.11 Å². The molecule has 0 unspecified atom stereocenters. The molecule has 152 valence electrons. The van der Waals surface area contributed by atoms with E-state index >= 15 is 0 Å². The van der Waals surface area contributed by atoms with Gasteiger partial charge in [-0.25, -0.2) is 0 Å². The molecule has 1 aromatic carbocycles. The zero-order chi connectivity index (χ0) is 19.4. The van der Waals surface area contributed by atoms with Crippen molar-refractivity contribution in [2.75, 3.05) is 53.7 Å². The van der Waals surface area contributed by atoms with Crippen molar-refractivity contribution < 1.29 is 14.2 Å². The van der Waals surface area contributed by atoms with Crippen LogP contribution >= 0.6 is 0 Å². The molecule has 1 fully saturated rings. The molecule has 0 spiro atoms. The van der Waals surface area contributed by atoms with Gasteiger partial charge in [-0.1, -0.05) is 12.1 Å². The molecular formula is C21H35N3O3. The number of ether oxygens (including phenoxy) is 3. The van der Waals surface area contributed by atoms with Crippen LogP contribution in [0.4, 0.5) is 0 Å². The molecule has 0 saturated carbocycles. The Morgan fingerprint density at radius 2 is 1.89 bits per heavy atom. The van der Waals surface area contributed by atoms with Gasteiger partial charge in [0.1, 0.15) is 5.75 Å². The first kappa shape index (κ1) is 21.5. The molecule has 0 aliphatic carbocycles. The Kier molecular flexibility index (Phi) is 9.42. The quantitative estimate of drug-likeness (QED) is 0.373. The maximum Gasteiger partial charge on any atom is 0.191 e. The molecule has 0 aromatic heterocycles. The van der Waals surface area contributed by atoms with Gasteiger partial charge in [0.25, 0.3) is 0 Å². The zero-order valence-corrected chi connectivity index (χ0v) is 17.1. The lowest BCUT2D eigenvalue weighted by molar-refractivity contribution is 0.0513. The lowest BCUT2D eigenvalue weighted by Gasteiger charge is -2.38. The molecular weight excluding hydrogens is 342 g/mol. The summed E-state index contributed by atoms with van der Waals surface area (Å²) in [4.78, 5) is 4.37. The Morgan fingerprint density at radius 1 is 1.15 bits per heavy atom. The second-order valence-electron chi connectivity index (χ2n) is 6.88. The maximum atomic E-state index is 5.63. The van der Waals surface area contributed by atoms with Crippen LogP contribution in [0.3, 0.4) is 0 Å². The van der Waals surface area contributed by atoms with Gasteiger partial charge in [-0.05, 0) is 50.3 Å². The summed E-state index contributed by atoms with van der Waals surface area (Å²) in [5.41, 5.74) is 1.38. The van der Waals surface area contributed by atoms with Crippen molar-refractivity contribution in [1.82, 2.24) is 10.6 Å². The first-order chi connectivity index (χ1) is 13.2. The van der Waals surface area contributed by atoms with Crippen LogP contribution in [-0.2, 0) is 14.9 Å². The summed E-state index contributed by atoms with van der Waals surface area (Å²) in [6.45, 7) is 6.94. The number of nitrogens with one attached hydrogen (secondary N) is 2. The smallest absolute Gasteiger partial charge is 0.191 e. The monoisotopic (exact) mass is 377 g/mol. The van der Waals surface area contributed by atoms with E-state index < -0.39 is 0 Å². The molecule has 1 aliphatic heterocycles. The Labute approximate surface area is 163 Å². The first-order valence-electron chi connectivity index (χ1n) is 9.98. The van der Waals surface area contributed by atoms with E-state index in [9.17, 15) is 0 Å². The minimum atomic E-state index is 0.0527. The van der Waals surface area contributed by atoms with E-state index in [0.29, 0.717) is 0 Å². The number of nitrogens with zero attached hydrogens (tertiary/aromatic N) is 1. The number of unbranched alkanes of at least 4 members (excludes halogenated alkanes) is 1. The summed E-state index contributed by atoms with van der Waals surface area (Å²) in [6, 6.07) is 8.43. The summed E-state index contributed by atoms with van der Waals surface area (Å²) in [5, 5.41) is 6.93. The van der Waals surface area contributed by atoms with Gasteiger partial charge in [-0.3, -0.25) is 4.99 Å². The van der Waals surface area contributed by atoms with Crippen molar-refractivity contribution in [3.05, 3.63) is 29.8 Å². The first-order valence-corrected chi connectivity index (χ1v) is 9.98. The van der Waals surface area contributed by atoms with Crippen LogP contribution in [0.15, 0.2) is 29.3 Å². The molecule has 2 N–H and O–H groups in total. The largest absolute Gasteiger partial charge is 0.497 e. The Morgan fingerprint density at radius 3 is 2.52 bits per heavy atom. The van der Waals surface area contributed by atoms with Gasteiger partial charge in [-0.2, -0.15) is 0 Å². The highest BCUT2D eigenvalue weighted by Gasteiger charge is 2.34. The average molecular weight is 378 g/mol. The zero-order valence-electron chi connectivity index (χ0n) is 17.1. The fourth-order valence-corrected chi connectivity index (χ4v) is 3.43. The van der Waals surface area contributed by atoms with Crippen molar-refractivity contribution >= 4 is 5.96 Å². The number of hydrogen-bond donors (Lipinski definition) is 2.